The van der Waals surface area contributed by atoms with Crippen LogP contribution in [0.4, 0.5) is 17.1 Å². The van der Waals surface area contributed by atoms with Gasteiger partial charge in [-0.15, -0.1) is 11.3 Å². The normalized spacial score (nSPS) is 13.6. The van der Waals surface area contributed by atoms with Gasteiger partial charge in [-0.2, -0.15) is 0 Å². The van der Waals surface area contributed by atoms with Crippen molar-refractivity contribution in [3.63, 3.8) is 0 Å². The van der Waals surface area contributed by atoms with Gasteiger partial charge in [0.25, 0.3) is 12.1 Å². The van der Waals surface area contributed by atoms with E-state index in [9.17, 15) is 14.9 Å². The highest BCUT2D eigenvalue weighted by molar-refractivity contribution is 7.13. The van der Waals surface area contributed by atoms with E-state index < -0.39 is 4.92 Å². The molecule has 2 aromatic carbocycles. The fourth-order valence-electron chi connectivity index (χ4n) is 4.11. The van der Waals surface area contributed by atoms with Crippen LogP contribution in [-0.2, 0) is 13.0 Å². The first-order chi connectivity index (χ1) is 17.6. The predicted octanol–water partition coefficient (Wildman–Crippen LogP) is 5.77. The number of nitrogen functional groups attached to an aromatic ring is 1. The highest BCUT2D eigenvalue weighted by Crippen LogP contribution is 2.30. The van der Waals surface area contributed by atoms with E-state index >= 15 is 0 Å². The van der Waals surface area contributed by atoms with Crippen molar-refractivity contribution in [1.82, 2.24) is 9.88 Å². The molecule has 0 bridgehead atoms. The second kappa shape index (κ2) is 11.0. The lowest BCUT2D eigenvalue weighted by Crippen LogP contribution is -2.33. The number of aromatic nitrogens is 1. The van der Waals surface area contributed by atoms with Crippen molar-refractivity contribution in [3.8, 4) is 0 Å². The minimum absolute atomic E-state index is 0.303. The number of nitrogens with two attached hydrogens (primary N) is 1. The molecule has 0 atom stereocenters. The quantitative estimate of drug-likeness (QED) is 0.195. The minimum Gasteiger partial charge on any atom is -0.397 e. The number of anilines is 3. The molecule has 0 radical (unpaired) electrons. The number of hydrogen-bond acceptors (Lipinski definition) is 8. The fourth-order valence-corrected chi connectivity index (χ4v) is 5.13. The van der Waals surface area contributed by atoms with E-state index in [1.165, 1.54) is 16.9 Å². The van der Waals surface area contributed by atoms with Gasteiger partial charge in [-0.05, 0) is 47.2 Å². The van der Waals surface area contributed by atoms with E-state index in [0.29, 0.717) is 53.5 Å². The maximum atomic E-state index is 13.0. The molecule has 37 heavy (non-hydrogen) atoms. The zero-order valence-corrected chi connectivity index (χ0v) is 22.3. The van der Waals surface area contributed by atoms with Gasteiger partial charge in [0, 0.05) is 23.5 Å². The Balaban J connectivity index is 1.50. The lowest BCUT2D eigenvalue weighted by molar-refractivity contribution is -0.404. The van der Waals surface area contributed by atoms with Crippen molar-refractivity contribution >= 4 is 34.3 Å². The molecule has 3 aromatic rings. The maximum absolute atomic E-state index is 13.0. The van der Waals surface area contributed by atoms with E-state index in [1.54, 1.807) is 6.07 Å². The van der Waals surface area contributed by atoms with Crippen molar-refractivity contribution in [1.29, 1.82) is 0 Å². The van der Waals surface area contributed by atoms with Gasteiger partial charge in [-0.3, -0.25) is 14.9 Å². The van der Waals surface area contributed by atoms with Gasteiger partial charge >= 0.3 is 0 Å². The molecule has 0 spiro atoms. The largest absolute Gasteiger partial charge is 0.397 e. The summed E-state index contributed by atoms with van der Waals surface area (Å²) in [7, 11) is 0. The summed E-state index contributed by atoms with van der Waals surface area (Å²) in [4.78, 5) is 31.3. The SMILES string of the molecule is CC(C)c1ccc(N/C(=C/[N+](=O)[O-])N2CCc3nc(C(=O)Nc4cc(C(C)C)ccc4N)sc3C2)cc1. The first kappa shape index (κ1) is 26.2. The van der Waals surface area contributed by atoms with Crippen LogP contribution >= 0.6 is 11.3 Å². The van der Waals surface area contributed by atoms with Crippen LogP contribution in [0.5, 0.6) is 0 Å². The molecule has 1 amide bonds. The topological polar surface area (TPSA) is 126 Å². The number of hydrogen-bond donors (Lipinski definition) is 3. The van der Waals surface area contributed by atoms with Gasteiger partial charge in [0.15, 0.2) is 10.8 Å². The Bertz CT molecular complexity index is 1330. The molecule has 0 aliphatic carbocycles. The van der Waals surface area contributed by atoms with E-state index in [1.807, 2.05) is 41.3 Å². The number of amides is 1. The Labute approximate surface area is 220 Å². The average Bonchev–Trinajstić information content (AvgIpc) is 3.28. The minimum atomic E-state index is -0.457. The zero-order valence-electron chi connectivity index (χ0n) is 21.4. The summed E-state index contributed by atoms with van der Waals surface area (Å²) >= 11 is 1.30. The summed E-state index contributed by atoms with van der Waals surface area (Å²) in [6.45, 7) is 9.35. The second-order valence-electron chi connectivity index (χ2n) is 9.72. The number of fused-ring (bicyclic) bond motifs is 1. The molecule has 1 aliphatic heterocycles. The molecule has 9 nitrogen and oxygen atoms in total. The Morgan fingerprint density at radius 3 is 2.43 bits per heavy atom. The van der Waals surface area contributed by atoms with Gasteiger partial charge in [-0.1, -0.05) is 45.9 Å². The molecule has 1 aromatic heterocycles. The highest BCUT2D eigenvalue weighted by atomic mass is 32.1. The van der Waals surface area contributed by atoms with Gasteiger partial charge < -0.3 is 21.3 Å². The van der Waals surface area contributed by atoms with Crippen LogP contribution in [0, 0.1) is 10.1 Å². The number of nitrogens with one attached hydrogen (secondary N) is 2. The lowest BCUT2D eigenvalue weighted by Gasteiger charge is -2.29. The van der Waals surface area contributed by atoms with Crippen LogP contribution in [0.3, 0.4) is 0 Å². The Morgan fingerprint density at radius 1 is 1.11 bits per heavy atom. The van der Waals surface area contributed by atoms with E-state index in [4.69, 9.17) is 5.73 Å². The van der Waals surface area contributed by atoms with E-state index in [-0.39, 0.29) is 5.91 Å². The Morgan fingerprint density at radius 2 is 1.78 bits per heavy atom. The van der Waals surface area contributed by atoms with Crippen molar-refractivity contribution in [2.45, 2.75) is 52.5 Å². The summed E-state index contributed by atoms with van der Waals surface area (Å²) in [5.41, 5.74) is 11.0. The summed E-state index contributed by atoms with van der Waals surface area (Å²) in [6, 6.07) is 13.5. The number of carbonyl (C=O) groups excluding carboxylic acids is 1. The van der Waals surface area contributed by atoms with Crippen LogP contribution in [0.1, 0.15) is 71.0 Å². The zero-order chi connectivity index (χ0) is 26.7. The number of rotatable bonds is 8. The smallest absolute Gasteiger partial charge is 0.284 e. The maximum Gasteiger partial charge on any atom is 0.284 e. The Hall–Kier alpha value is -3.92. The van der Waals surface area contributed by atoms with E-state index in [0.717, 1.165) is 28.0 Å². The monoisotopic (exact) mass is 520 g/mol. The van der Waals surface area contributed by atoms with Crippen LogP contribution in [0.15, 0.2) is 54.5 Å². The lowest BCUT2D eigenvalue weighted by atomic mass is 10.0. The standard InChI is InChI=1S/C27H32N6O3S/c1-16(2)18-5-8-20(9-6-18)29-25(15-33(35)36)32-12-11-22-24(14-32)37-27(31-22)26(34)30-23-13-19(17(3)4)7-10-21(23)28/h5-10,13,15-17,29H,11-12,14,28H2,1-4H3,(H,30,34)/b25-15-. The van der Waals surface area contributed by atoms with Crippen molar-refractivity contribution < 1.29 is 9.72 Å². The molecule has 194 valence electrons. The van der Waals surface area contributed by atoms with Crippen molar-refractivity contribution in [2.24, 2.45) is 0 Å². The fraction of sp³-hybridized carbons (Fsp3) is 0.333. The number of benzene rings is 2. The van der Waals surface area contributed by atoms with Crippen LogP contribution in [0.25, 0.3) is 0 Å². The predicted molar refractivity (Wildman–Crippen MR) is 148 cm³/mol. The molecule has 4 rings (SSSR count). The third-order valence-corrected chi connectivity index (χ3v) is 7.42. The summed E-state index contributed by atoms with van der Waals surface area (Å²) in [5.74, 6) is 0.780. The molecule has 1 aliphatic rings. The molecule has 10 heteroatoms. The van der Waals surface area contributed by atoms with Gasteiger partial charge in [0.05, 0.1) is 28.5 Å². The third-order valence-electron chi connectivity index (χ3n) is 6.34. The van der Waals surface area contributed by atoms with Crippen LogP contribution in [-0.4, -0.2) is 27.3 Å². The molecule has 4 N–H and O–H groups in total. The number of thiazole rings is 1. The molecule has 0 unspecified atom stereocenters. The van der Waals surface area contributed by atoms with Crippen LogP contribution in [0.2, 0.25) is 0 Å². The number of carbonyl (C=O) groups is 1. The number of nitrogens with zero attached hydrogens (tertiary/aromatic N) is 3. The summed E-state index contributed by atoms with van der Waals surface area (Å²) in [5, 5.41) is 17.8. The van der Waals surface area contributed by atoms with Gasteiger partial charge in [-0.25, -0.2) is 4.98 Å². The molecule has 0 saturated carbocycles. The summed E-state index contributed by atoms with van der Waals surface area (Å²) in [6.07, 6.45) is 1.56. The second-order valence-corrected chi connectivity index (χ2v) is 10.8. The van der Waals surface area contributed by atoms with Crippen molar-refractivity contribution in [3.05, 3.63) is 91.3 Å². The highest BCUT2D eigenvalue weighted by Gasteiger charge is 2.26. The average molecular weight is 521 g/mol. The first-order valence-corrected chi connectivity index (χ1v) is 13.1. The van der Waals surface area contributed by atoms with E-state index in [2.05, 4.69) is 43.3 Å². The van der Waals surface area contributed by atoms with Gasteiger partial charge in [0.1, 0.15) is 0 Å². The number of nitro groups is 1. The third kappa shape index (κ3) is 6.26. The van der Waals surface area contributed by atoms with Gasteiger partial charge in [0.2, 0.25) is 0 Å². The molecule has 2 heterocycles. The first-order valence-electron chi connectivity index (χ1n) is 12.3. The molecular formula is C27H32N6O3S. The molecule has 0 saturated heterocycles. The van der Waals surface area contributed by atoms with Crippen LogP contribution < -0.4 is 16.4 Å². The Kier molecular flexibility index (Phi) is 7.77. The summed E-state index contributed by atoms with van der Waals surface area (Å²) < 4.78 is 0. The molecular weight excluding hydrogens is 488 g/mol. The van der Waals surface area contributed by atoms with Crippen molar-refractivity contribution in [2.75, 3.05) is 22.9 Å². The molecule has 0 fully saturated rings.